The van der Waals surface area contributed by atoms with E-state index in [2.05, 4.69) is 10.2 Å². The molecule has 29 heavy (non-hydrogen) atoms. The van der Waals surface area contributed by atoms with Gasteiger partial charge in [0.15, 0.2) is 5.82 Å². The lowest BCUT2D eigenvalue weighted by atomic mass is 10.1. The number of nitrogen functional groups attached to an aromatic ring is 1. The van der Waals surface area contributed by atoms with Gasteiger partial charge in [0.25, 0.3) is 0 Å². The highest BCUT2D eigenvalue weighted by atomic mass is 32.2. The molecule has 8 heteroatoms. The van der Waals surface area contributed by atoms with Crippen LogP contribution in [0.3, 0.4) is 0 Å². The molecule has 148 valence electrons. The summed E-state index contributed by atoms with van der Waals surface area (Å²) in [4.78, 5) is 11.9. The predicted molar refractivity (Wildman–Crippen MR) is 113 cm³/mol. The molecule has 2 heterocycles. The number of hydrogen-bond donors (Lipinski definition) is 1. The van der Waals surface area contributed by atoms with Crippen LogP contribution in [0.5, 0.6) is 5.75 Å². The van der Waals surface area contributed by atoms with Crippen molar-refractivity contribution in [2.75, 3.05) is 13.0 Å². The largest absolute Gasteiger partial charge is 0.497 e. The van der Waals surface area contributed by atoms with Crippen LogP contribution < -0.4 is 16.2 Å². The van der Waals surface area contributed by atoms with E-state index in [1.54, 1.807) is 7.11 Å². The van der Waals surface area contributed by atoms with Crippen LogP contribution in [0.1, 0.15) is 22.5 Å². The summed E-state index contributed by atoms with van der Waals surface area (Å²) >= 11 is 1.43. The molecule has 0 radical (unpaired) electrons. The van der Waals surface area contributed by atoms with Gasteiger partial charge in [-0.1, -0.05) is 36.0 Å². The number of thioether (sulfide) groups is 1. The first-order chi connectivity index (χ1) is 14.0. The van der Waals surface area contributed by atoms with Crippen molar-refractivity contribution < 1.29 is 9.15 Å². The molecule has 0 aliphatic heterocycles. The quantitative estimate of drug-likeness (QED) is 0.297. The van der Waals surface area contributed by atoms with Crippen molar-refractivity contribution in [2.45, 2.75) is 24.3 Å². The Bertz CT molecular complexity index is 1220. The van der Waals surface area contributed by atoms with E-state index in [1.165, 1.54) is 22.5 Å². The van der Waals surface area contributed by atoms with Crippen LogP contribution in [0.25, 0.3) is 11.0 Å². The Kier molecular flexibility index (Phi) is 5.26. The van der Waals surface area contributed by atoms with Crippen molar-refractivity contribution in [3.05, 3.63) is 81.5 Å². The molecule has 2 aromatic carbocycles. The molecule has 0 saturated heterocycles. The maximum Gasteiger partial charge on any atom is 0.336 e. The van der Waals surface area contributed by atoms with E-state index in [0.717, 1.165) is 27.8 Å². The molecule has 7 nitrogen and oxygen atoms in total. The van der Waals surface area contributed by atoms with E-state index in [1.807, 2.05) is 49.4 Å². The van der Waals surface area contributed by atoms with Crippen LogP contribution >= 0.6 is 11.8 Å². The van der Waals surface area contributed by atoms with Gasteiger partial charge in [-0.3, -0.25) is 0 Å². The van der Waals surface area contributed by atoms with Crippen molar-refractivity contribution in [3.8, 4) is 5.75 Å². The third-order valence-electron chi connectivity index (χ3n) is 4.60. The van der Waals surface area contributed by atoms with Crippen LogP contribution in [0.15, 0.2) is 62.9 Å². The van der Waals surface area contributed by atoms with Crippen LogP contribution in [-0.4, -0.2) is 22.0 Å². The third kappa shape index (κ3) is 4.12. The Hall–Kier alpha value is -3.26. The molecule has 0 spiro atoms. The molecule has 4 aromatic rings. The number of rotatable bonds is 6. The highest BCUT2D eigenvalue weighted by molar-refractivity contribution is 7.98. The van der Waals surface area contributed by atoms with Gasteiger partial charge in [-0.2, -0.15) is 0 Å². The first-order valence-corrected chi connectivity index (χ1v) is 10.0. The van der Waals surface area contributed by atoms with E-state index in [0.29, 0.717) is 28.7 Å². The molecule has 0 bridgehead atoms. The Morgan fingerprint density at radius 1 is 1.14 bits per heavy atom. The number of methoxy groups -OCH3 is 1. The summed E-state index contributed by atoms with van der Waals surface area (Å²) in [7, 11) is 1.63. The number of fused-ring (bicyclic) bond motifs is 1. The highest BCUT2D eigenvalue weighted by Crippen LogP contribution is 2.26. The minimum absolute atomic E-state index is 0.367. The fourth-order valence-corrected chi connectivity index (χ4v) is 3.92. The molecular formula is C21H20N4O3S. The average molecular weight is 408 g/mol. The van der Waals surface area contributed by atoms with Crippen molar-refractivity contribution in [1.29, 1.82) is 0 Å². The lowest BCUT2D eigenvalue weighted by Gasteiger charge is -2.07. The Balaban J connectivity index is 1.52. The van der Waals surface area contributed by atoms with Crippen molar-refractivity contribution in [3.63, 3.8) is 0 Å². The van der Waals surface area contributed by atoms with Crippen LogP contribution in [0, 0.1) is 6.92 Å². The summed E-state index contributed by atoms with van der Waals surface area (Å²) in [5.41, 5.74) is 3.19. The zero-order valence-electron chi connectivity index (χ0n) is 16.1. The molecule has 0 aliphatic rings. The summed E-state index contributed by atoms with van der Waals surface area (Å²) in [5.74, 6) is 8.19. The molecule has 4 rings (SSSR count). The minimum atomic E-state index is -0.367. The van der Waals surface area contributed by atoms with E-state index in [9.17, 15) is 4.79 Å². The second-order valence-electron chi connectivity index (χ2n) is 6.67. The maximum absolute atomic E-state index is 11.9. The zero-order valence-corrected chi connectivity index (χ0v) is 16.9. The number of nitrogens with two attached hydrogens (primary N) is 1. The lowest BCUT2D eigenvalue weighted by molar-refractivity contribution is 0.414. The Morgan fingerprint density at radius 3 is 2.69 bits per heavy atom. The lowest BCUT2D eigenvalue weighted by Crippen LogP contribution is -2.14. The van der Waals surface area contributed by atoms with Crippen molar-refractivity contribution >= 4 is 22.7 Å². The molecule has 0 amide bonds. The van der Waals surface area contributed by atoms with Gasteiger partial charge >= 0.3 is 5.63 Å². The standard InChI is InChI=1S/C21H20N4O3S/c1-13-3-8-17-15(11-20(26)28-18(17)9-13)12-29-21-24-23-19(25(21)22)10-14-4-6-16(27-2)7-5-14/h3-9,11H,10,12,22H2,1-2H3. The van der Waals surface area contributed by atoms with E-state index < -0.39 is 0 Å². The van der Waals surface area contributed by atoms with Crippen LogP contribution in [0.4, 0.5) is 0 Å². The average Bonchev–Trinajstić information content (AvgIpc) is 3.05. The van der Waals surface area contributed by atoms with E-state index in [4.69, 9.17) is 15.0 Å². The number of nitrogens with zero attached hydrogens (tertiary/aromatic N) is 3. The summed E-state index contributed by atoms with van der Waals surface area (Å²) in [6.07, 6.45) is 0.561. The van der Waals surface area contributed by atoms with Gasteiger partial charge in [0.2, 0.25) is 5.16 Å². The molecule has 0 unspecified atom stereocenters. The Morgan fingerprint density at radius 2 is 1.93 bits per heavy atom. The molecular weight excluding hydrogens is 388 g/mol. The third-order valence-corrected chi connectivity index (χ3v) is 5.59. The van der Waals surface area contributed by atoms with Gasteiger partial charge in [0, 0.05) is 23.6 Å². The number of benzene rings is 2. The highest BCUT2D eigenvalue weighted by Gasteiger charge is 2.13. The predicted octanol–water partition coefficient (Wildman–Crippen LogP) is 3.30. The Labute approximate surface area is 171 Å². The molecule has 0 saturated carbocycles. The fourth-order valence-electron chi connectivity index (χ4n) is 3.05. The van der Waals surface area contributed by atoms with Gasteiger partial charge in [0.05, 0.1) is 7.11 Å². The number of aryl methyl sites for hydroxylation is 1. The topological polar surface area (TPSA) is 96.2 Å². The van der Waals surface area contributed by atoms with E-state index >= 15 is 0 Å². The molecule has 2 aromatic heterocycles. The zero-order chi connectivity index (χ0) is 20.4. The van der Waals surface area contributed by atoms with Gasteiger partial charge in [0.1, 0.15) is 11.3 Å². The first-order valence-electron chi connectivity index (χ1n) is 9.02. The van der Waals surface area contributed by atoms with Gasteiger partial charge in [-0.15, -0.1) is 10.2 Å². The number of hydrogen-bond acceptors (Lipinski definition) is 7. The summed E-state index contributed by atoms with van der Waals surface area (Å²) in [5, 5.41) is 9.91. The smallest absolute Gasteiger partial charge is 0.336 e. The van der Waals surface area contributed by atoms with Gasteiger partial charge in [-0.05, 0) is 41.8 Å². The summed E-state index contributed by atoms with van der Waals surface area (Å²) < 4.78 is 12.0. The van der Waals surface area contributed by atoms with Gasteiger partial charge in [-0.25, -0.2) is 9.47 Å². The molecule has 0 aliphatic carbocycles. The minimum Gasteiger partial charge on any atom is -0.497 e. The summed E-state index contributed by atoms with van der Waals surface area (Å²) in [6, 6.07) is 15.1. The monoisotopic (exact) mass is 408 g/mol. The SMILES string of the molecule is COc1ccc(Cc2nnc(SCc3cc(=O)oc4cc(C)ccc34)n2N)cc1. The van der Waals surface area contributed by atoms with Crippen molar-refractivity contribution in [1.82, 2.24) is 14.9 Å². The molecule has 0 fully saturated rings. The second kappa shape index (κ2) is 8.00. The first kappa shape index (κ1) is 19.1. The number of ether oxygens (including phenoxy) is 1. The van der Waals surface area contributed by atoms with Gasteiger partial charge < -0.3 is 15.0 Å². The summed E-state index contributed by atoms with van der Waals surface area (Å²) in [6.45, 7) is 1.96. The fraction of sp³-hybridized carbons (Fsp3) is 0.190. The molecule has 0 atom stereocenters. The van der Waals surface area contributed by atoms with E-state index in [-0.39, 0.29) is 5.63 Å². The second-order valence-corrected chi connectivity index (χ2v) is 7.62. The van der Waals surface area contributed by atoms with Crippen LogP contribution in [-0.2, 0) is 12.2 Å². The van der Waals surface area contributed by atoms with Crippen molar-refractivity contribution in [2.24, 2.45) is 0 Å². The normalized spacial score (nSPS) is 11.1. The number of aromatic nitrogens is 3. The van der Waals surface area contributed by atoms with Crippen LogP contribution in [0.2, 0.25) is 0 Å². The molecule has 2 N–H and O–H groups in total. The maximum atomic E-state index is 11.9.